The van der Waals surface area contributed by atoms with Gasteiger partial charge in [0.1, 0.15) is 0 Å². The second-order valence-electron chi connectivity index (χ2n) is 7.74. The molecule has 0 spiro atoms. The molecule has 2 aromatic carbocycles. The number of hydrogen-bond acceptors (Lipinski definition) is 3. The number of benzene rings is 2. The van der Waals surface area contributed by atoms with Gasteiger partial charge in [-0.2, -0.15) is 0 Å². The quantitative estimate of drug-likeness (QED) is 0.641. The monoisotopic (exact) mass is 376 g/mol. The predicted octanol–water partition coefficient (Wildman–Crippen LogP) is 5.39. The molecule has 0 atom stereocenters. The third-order valence-electron chi connectivity index (χ3n) is 4.50. The Morgan fingerprint density at radius 1 is 0.893 bits per heavy atom. The van der Waals surface area contributed by atoms with Gasteiger partial charge in [0.25, 0.3) is 11.8 Å². The summed E-state index contributed by atoms with van der Waals surface area (Å²) in [4.78, 5) is 24.8. The van der Waals surface area contributed by atoms with Crippen molar-refractivity contribution in [3.05, 3.63) is 83.3 Å². The van der Waals surface area contributed by atoms with Gasteiger partial charge in [-0.3, -0.25) is 9.59 Å². The highest BCUT2D eigenvalue weighted by Crippen LogP contribution is 2.24. The van der Waals surface area contributed by atoms with Gasteiger partial charge < -0.3 is 15.1 Å². The Hall–Kier alpha value is -3.34. The zero-order chi connectivity index (χ0) is 20.3. The number of anilines is 2. The highest BCUT2D eigenvalue weighted by atomic mass is 16.3. The van der Waals surface area contributed by atoms with E-state index in [-0.39, 0.29) is 23.0 Å². The van der Waals surface area contributed by atoms with E-state index < -0.39 is 0 Å². The highest BCUT2D eigenvalue weighted by molar-refractivity contribution is 6.07. The molecule has 28 heavy (non-hydrogen) atoms. The Labute approximate surface area is 164 Å². The van der Waals surface area contributed by atoms with Gasteiger partial charge in [-0.25, -0.2) is 0 Å². The second kappa shape index (κ2) is 7.72. The topological polar surface area (TPSA) is 71.3 Å². The summed E-state index contributed by atoms with van der Waals surface area (Å²) in [6.07, 6.45) is 1.44. The lowest BCUT2D eigenvalue weighted by Crippen LogP contribution is -2.15. The fourth-order valence-electron chi connectivity index (χ4n) is 2.75. The minimum absolute atomic E-state index is 0.0561. The minimum atomic E-state index is -0.358. The molecule has 5 nitrogen and oxygen atoms in total. The van der Waals surface area contributed by atoms with Gasteiger partial charge in [-0.05, 0) is 59.9 Å². The van der Waals surface area contributed by atoms with Crippen molar-refractivity contribution < 1.29 is 14.0 Å². The van der Waals surface area contributed by atoms with Crippen molar-refractivity contribution >= 4 is 23.2 Å². The van der Waals surface area contributed by atoms with Crippen molar-refractivity contribution in [2.45, 2.75) is 33.1 Å². The average molecular weight is 376 g/mol. The predicted molar refractivity (Wildman–Crippen MR) is 111 cm³/mol. The zero-order valence-electron chi connectivity index (χ0n) is 16.5. The van der Waals surface area contributed by atoms with E-state index in [9.17, 15) is 9.59 Å². The SMILES string of the molecule is Cc1ccc(C(=O)Nc2ccc(C(C)(C)C)cc2)cc1NC(=O)c1ccco1. The summed E-state index contributed by atoms with van der Waals surface area (Å²) in [7, 11) is 0. The van der Waals surface area contributed by atoms with Gasteiger partial charge in [-0.15, -0.1) is 0 Å². The molecular weight excluding hydrogens is 352 g/mol. The summed E-state index contributed by atoms with van der Waals surface area (Å²) in [5, 5.41) is 5.68. The van der Waals surface area contributed by atoms with Crippen molar-refractivity contribution in [1.82, 2.24) is 0 Å². The molecule has 144 valence electrons. The summed E-state index contributed by atoms with van der Waals surface area (Å²) in [5.41, 5.74) is 3.85. The van der Waals surface area contributed by atoms with Crippen LogP contribution in [0.1, 0.15) is 52.8 Å². The minimum Gasteiger partial charge on any atom is -0.459 e. The van der Waals surface area contributed by atoms with Gasteiger partial charge in [0.15, 0.2) is 5.76 Å². The molecule has 1 heterocycles. The largest absolute Gasteiger partial charge is 0.459 e. The van der Waals surface area contributed by atoms with Crippen LogP contribution in [0, 0.1) is 6.92 Å². The fourth-order valence-corrected chi connectivity index (χ4v) is 2.75. The summed E-state index contributed by atoms with van der Waals surface area (Å²) in [6.45, 7) is 8.30. The van der Waals surface area contributed by atoms with Crippen LogP contribution < -0.4 is 10.6 Å². The van der Waals surface area contributed by atoms with Crippen molar-refractivity contribution in [3.8, 4) is 0 Å². The van der Waals surface area contributed by atoms with Crippen LogP contribution in [0.15, 0.2) is 65.3 Å². The molecule has 0 saturated heterocycles. The van der Waals surface area contributed by atoms with Gasteiger partial charge in [0.2, 0.25) is 0 Å². The summed E-state index contributed by atoms with van der Waals surface area (Å²) in [6, 6.07) is 16.2. The lowest BCUT2D eigenvalue weighted by atomic mass is 9.87. The maximum atomic E-state index is 12.6. The van der Waals surface area contributed by atoms with Crippen LogP contribution in [0.4, 0.5) is 11.4 Å². The normalized spacial score (nSPS) is 11.1. The molecular formula is C23H24N2O3. The van der Waals surface area contributed by atoms with Crippen LogP contribution in [0.25, 0.3) is 0 Å². The van der Waals surface area contributed by atoms with E-state index in [1.54, 1.807) is 30.3 Å². The molecule has 0 radical (unpaired) electrons. The molecule has 0 aliphatic rings. The van der Waals surface area contributed by atoms with Crippen LogP contribution in [0.5, 0.6) is 0 Å². The number of carbonyl (C=O) groups excluding carboxylic acids is 2. The number of hydrogen-bond donors (Lipinski definition) is 2. The van der Waals surface area contributed by atoms with E-state index in [0.29, 0.717) is 11.3 Å². The van der Waals surface area contributed by atoms with Gasteiger partial charge in [0.05, 0.1) is 6.26 Å². The van der Waals surface area contributed by atoms with Crippen molar-refractivity contribution in [2.75, 3.05) is 10.6 Å². The maximum Gasteiger partial charge on any atom is 0.291 e. The molecule has 0 unspecified atom stereocenters. The molecule has 0 bridgehead atoms. The first-order valence-corrected chi connectivity index (χ1v) is 9.11. The van der Waals surface area contributed by atoms with E-state index in [2.05, 4.69) is 31.4 Å². The van der Waals surface area contributed by atoms with Gasteiger partial charge in [-0.1, -0.05) is 39.0 Å². The van der Waals surface area contributed by atoms with Gasteiger partial charge in [0, 0.05) is 16.9 Å². The number of carbonyl (C=O) groups is 2. The van der Waals surface area contributed by atoms with E-state index in [1.165, 1.54) is 11.8 Å². The van der Waals surface area contributed by atoms with Crippen molar-refractivity contribution in [1.29, 1.82) is 0 Å². The van der Waals surface area contributed by atoms with Crippen LogP contribution in [-0.4, -0.2) is 11.8 Å². The second-order valence-corrected chi connectivity index (χ2v) is 7.74. The van der Waals surface area contributed by atoms with E-state index in [1.807, 2.05) is 31.2 Å². The third kappa shape index (κ3) is 4.49. The number of rotatable bonds is 4. The molecule has 1 aromatic heterocycles. The molecule has 3 aromatic rings. The molecule has 0 saturated carbocycles. The Balaban J connectivity index is 1.74. The average Bonchev–Trinajstić information content (AvgIpc) is 3.18. The zero-order valence-corrected chi connectivity index (χ0v) is 16.5. The lowest BCUT2D eigenvalue weighted by Gasteiger charge is -2.19. The first-order chi connectivity index (χ1) is 13.2. The number of aryl methyl sites for hydroxylation is 1. The Bertz CT molecular complexity index is 982. The highest BCUT2D eigenvalue weighted by Gasteiger charge is 2.15. The Morgan fingerprint density at radius 3 is 2.21 bits per heavy atom. The molecule has 0 aliphatic heterocycles. The molecule has 2 amide bonds. The maximum absolute atomic E-state index is 12.6. The van der Waals surface area contributed by atoms with Crippen LogP contribution >= 0.6 is 0 Å². The van der Waals surface area contributed by atoms with Crippen molar-refractivity contribution in [2.24, 2.45) is 0 Å². The summed E-state index contributed by atoms with van der Waals surface area (Å²) in [5.74, 6) is -0.381. The lowest BCUT2D eigenvalue weighted by molar-refractivity contribution is 0.0993. The molecule has 5 heteroatoms. The first kappa shape index (κ1) is 19.4. The van der Waals surface area contributed by atoms with Crippen LogP contribution in [0.2, 0.25) is 0 Å². The van der Waals surface area contributed by atoms with Crippen molar-refractivity contribution in [3.63, 3.8) is 0 Å². The summed E-state index contributed by atoms with van der Waals surface area (Å²) < 4.78 is 5.11. The molecule has 0 aliphatic carbocycles. The van der Waals surface area contributed by atoms with E-state index in [4.69, 9.17) is 4.42 Å². The third-order valence-corrected chi connectivity index (χ3v) is 4.50. The molecule has 0 fully saturated rings. The van der Waals surface area contributed by atoms with E-state index in [0.717, 1.165) is 11.3 Å². The van der Waals surface area contributed by atoms with Crippen LogP contribution in [0.3, 0.4) is 0 Å². The number of nitrogens with one attached hydrogen (secondary N) is 2. The van der Waals surface area contributed by atoms with Gasteiger partial charge >= 0.3 is 0 Å². The standard InChI is InChI=1S/C23H24N2O3/c1-15-7-8-16(14-19(15)25-22(27)20-6-5-13-28-20)21(26)24-18-11-9-17(10-12-18)23(2,3)4/h5-14H,1-4H3,(H,24,26)(H,25,27). The van der Waals surface area contributed by atoms with Crippen LogP contribution in [-0.2, 0) is 5.41 Å². The number of furan rings is 1. The molecule has 2 N–H and O–H groups in total. The smallest absolute Gasteiger partial charge is 0.291 e. The number of amides is 2. The summed E-state index contributed by atoms with van der Waals surface area (Å²) >= 11 is 0. The Morgan fingerprint density at radius 2 is 1.61 bits per heavy atom. The van der Waals surface area contributed by atoms with E-state index >= 15 is 0 Å². The first-order valence-electron chi connectivity index (χ1n) is 9.11. The molecule has 3 rings (SSSR count). The fraction of sp³-hybridized carbons (Fsp3) is 0.217. The Kier molecular flexibility index (Phi) is 5.36.